The number of aliphatic hydroxyl groups excluding tert-OH is 1. The average molecular weight is 500 g/mol. The van der Waals surface area contributed by atoms with Gasteiger partial charge in [-0.3, -0.25) is 13.8 Å². The molecule has 0 aliphatic carbocycles. The van der Waals surface area contributed by atoms with Gasteiger partial charge < -0.3 is 30.3 Å². The molecule has 11 heteroatoms. The topological polar surface area (TPSA) is 158 Å². The first-order valence-corrected chi connectivity index (χ1v) is 13.5. The molecule has 0 amide bonds. The Morgan fingerprint density at radius 1 is 0.879 bits per heavy atom. The molecule has 10 nitrogen and oxygen atoms in total. The van der Waals surface area contributed by atoms with Crippen LogP contribution in [0, 0.1) is 5.92 Å². The Morgan fingerprint density at radius 3 is 1.91 bits per heavy atom. The van der Waals surface area contributed by atoms with E-state index < -0.39 is 39.2 Å². The summed E-state index contributed by atoms with van der Waals surface area (Å²) in [6.45, 7) is 3.53. The van der Waals surface area contributed by atoms with Crippen LogP contribution < -0.4 is 5.73 Å². The number of carbonyl (C=O) groups is 1. The largest absolute Gasteiger partial charge is 0.480 e. The summed E-state index contributed by atoms with van der Waals surface area (Å²) in [5.41, 5.74) is 5.18. The van der Waals surface area contributed by atoms with Crippen LogP contribution in [0.5, 0.6) is 0 Å². The van der Waals surface area contributed by atoms with E-state index in [1.807, 2.05) is 0 Å². The first-order chi connectivity index (χ1) is 15.6. The number of nitrogens with two attached hydrogens (primary N) is 1. The maximum atomic E-state index is 11.6. The highest BCUT2D eigenvalue weighted by molar-refractivity contribution is 7.47. The number of ether oxygens (including phenoxy) is 2. The molecule has 0 aromatic carbocycles. The summed E-state index contributed by atoms with van der Waals surface area (Å²) in [5.74, 6) is -0.571. The van der Waals surface area contributed by atoms with E-state index in [9.17, 15) is 19.4 Å². The van der Waals surface area contributed by atoms with Gasteiger partial charge >= 0.3 is 13.8 Å². The Hall–Kier alpha value is -0.580. The number of unbranched alkanes of at least 4 members (excludes halogenated alkanes) is 7. The van der Waals surface area contributed by atoms with E-state index in [4.69, 9.17) is 20.3 Å². The molecule has 4 atom stereocenters. The van der Waals surface area contributed by atoms with Crippen molar-refractivity contribution in [2.45, 2.75) is 96.3 Å². The molecule has 0 aromatic rings. The smallest absolute Gasteiger partial charge is 0.472 e. The summed E-state index contributed by atoms with van der Waals surface area (Å²) in [6, 6.07) is -1.45. The lowest BCUT2D eigenvalue weighted by atomic mass is 10.0. The van der Waals surface area contributed by atoms with Gasteiger partial charge in [0.2, 0.25) is 0 Å². The summed E-state index contributed by atoms with van der Waals surface area (Å²) in [7, 11) is -2.90. The molecule has 0 aliphatic rings. The maximum Gasteiger partial charge on any atom is 0.472 e. The molecule has 5 N–H and O–H groups in total. The van der Waals surface area contributed by atoms with Gasteiger partial charge in [-0.15, -0.1) is 0 Å². The number of phosphoric acid groups is 1. The number of aliphatic carboxylic acids is 1. The van der Waals surface area contributed by atoms with Gasteiger partial charge in [0.05, 0.1) is 32.5 Å². The molecule has 0 bridgehead atoms. The second-order valence-corrected chi connectivity index (χ2v) is 10.3. The van der Waals surface area contributed by atoms with E-state index >= 15 is 0 Å². The number of carboxylic acids is 1. The van der Waals surface area contributed by atoms with Gasteiger partial charge in [0, 0.05) is 7.11 Å². The zero-order chi connectivity index (χ0) is 25.1. The summed E-state index contributed by atoms with van der Waals surface area (Å²) < 4.78 is 31.6. The summed E-state index contributed by atoms with van der Waals surface area (Å²) in [5, 5.41) is 18.5. The van der Waals surface area contributed by atoms with Crippen molar-refractivity contribution in [2.75, 3.05) is 33.5 Å². The molecule has 0 fully saturated rings. The summed E-state index contributed by atoms with van der Waals surface area (Å²) in [6.07, 6.45) is 10.9. The third-order valence-corrected chi connectivity index (χ3v) is 6.12. The highest BCUT2D eigenvalue weighted by atomic mass is 31.2. The second-order valence-electron chi connectivity index (χ2n) is 8.85. The Kier molecular flexibility index (Phi) is 19.4. The third kappa shape index (κ3) is 20.5. The Bertz CT molecular complexity index is 536. The molecule has 0 radical (unpaired) electrons. The van der Waals surface area contributed by atoms with E-state index in [1.165, 1.54) is 44.9 Å². The van der Waals surface area contributed by atoms with Crippen molar-refractivity contribution in [1.82, 2.24) is 0 Å². The molecule has 0 rings (SSSR count). The van der Waals surface area contributed by atoms with Crippen LogP contribution >= 0.6 is 7.82 Å². The van der Waals surface area contributed by atoms with Gasteiger partial charge in [-0.1, -0.05) is 71.6 Å². The van der Waals surface area contributed by atoms with Crippen LogP contribution in [0.4, 0.5) is 0 Å². The van der Waals surface area contributed by atoms with Crippen molar-refractivity contribution < 1.29 is 43.0 Å². The maximum absolute atomic E-state index is 11.6. The fourth-order valence-corrected chi connectivity index (χ4v) is 3.89. The van der Waals surface area contributed by atoms with Crippen LogP contribution in [-0.4, -0.2) is 72.9 Å². The molecule has 0 aliphatic heterocycles. The highest BCUT2D eigenvalue weighted by Gasteiger charge is 2.25. The summed E-state index contributed by atoms with van der Waals surface area (Å²) >= 11 is 0. The molecule has 0 saturated heterocycles. The monoisotopic (exact) mass is 499 g/mol. The van der Waals surface area contributed by atoms with Crippen LogP contribution in [-0.2, 0) is 27.9 Å². The second kappa shape index (κ2) is 19.7. The lowest BCUT2D eigenvalue weighted by Crippen LogP contribution is -2.34. The van der Waals surface area contributed by atoms with Crippen LogP contribution in [0.3, 0.4) is 0 Å². The van der Waals surface area contributed by atoms with Crippen molar-refractivity contribution in [2.24, 2.45) is 11.7 Å². The van der Waals surface area contributed by atoms with Crippen molar-refractivity contribution >= 4 is 13.8 Å². The van der Waals surface area contributed by atoms with Crippen LogP contribution in [0.25, 0.3) is 0 Å². The fourth-order valence-electron chi connectivity index (χ4n) is 3.10. The van der Waals surface area contributed by atoms with Crippen molar-refractivity contribution in [3.63, 3.8) is 0 Å². The van der Waals surface area contributed by atoms with E-state index in [0.717, 1.165) is 25.2 Å². The minimum absolute atomic E-state index is 0.0843. The van der Waals surface area contributed by atoms with Crippen molar-refractivity contribution in [3.05, 3.63) is 0 Å². The van der Waals surface area contributed by atoms with E-state index in [1.54, 1.807) is 7.11 Å². The zero-order valence-electron chi connectivity index (χ0n) is 20.5. The first kappa shape index (κ1) is 32.4. The summed E-state index contributed by atoms with van der Waals surface area (Å²) in [4.78, 5) is 20.0. The fraction of sp³-hybridized carbons (Fsp3) is 0.955. The molecule has 0 heterocycles. The quantitative estimate of drug-likeness (QED) is 0.121. The van der Waals surface area contributed by atoms with Crippen LogP contribution in [0.1, 0.15) is 78.1 Å². The normalized spacial score (nSPS) is 16.5. The molecule has 33 heavy (non-hydrogen) atoms. The Balaban J connectivity index is 3.77. The van der Waals surface area contributed by atoms with Gasteiger partial charge in [0.1, 0.15) is 12.1 Å². The SMILES string of the molecule is COC(CCCCCCCCCCC(C)C)COCC(O)COP(=O)(O)OCC(N)C(=O)O. The van der Waals surface area contributed by atoms with Gasteiger partial charge in [-0.05, 0) is 12.3 Å². The van der Waals surface area contributed by atoms with Gasteiger partial charge in [-0.2, -0.15) is 0 Å². The van der Waals surface area contributed by atoms with Crippen LogP contribution in [0.2, 0.25) is 0 Å². The van der Waals surface area contributed by atoms with Gasteiger partial charge in [-0.25, -0.2) is 4.57 Å². The lowest BCUT2D eigenvalue weighted by Gasteiger charge is -2.18. The first-order valence-electron chi connectivity index (χ1n) is 12.0. The highest BCUT2D eigenvalue weighted by Crippen LogP contribution is 2.43. The number of phosphoric ester groups is 1. The van der Waals surface area contributed by atoms with E-state index in [-0.39, 0.29) is 12.7 Å². The van der Waals surface area contributed by atoms with Gasteiger partial charge in [0.25, 0.3) is 0 Å². The van der Waals surface area contributed by atoms with Crippen LogP contribution in [0.15, 0.2) is 0 Å². The van der Waals surface area contributed by atoms with E-state index in [2.05, 4.69) is 22.9 Å². The third-order valence-electron chi connectivity index (χ3n) is 5.17. The number of hydrogen-bond donors (Lipinski definition) is 4. The average Bonchev–Trinajstić information content (AvgIpc) is 2.75. The predicted molar refractivity (Wildman–Crippen MR) is 126 cm³/mol. The standard InChI is InChI=1S/C22H46NO9P/c1-18(2)12-10-8-6-4-5-7-9-11-13-20(29-3)16-30-14-19(24)15-31-33(27,28)32-17-21(23)22(25)26/h18-21,24H,4-17,23H2,1-3H3,(H,25,26)(H,27,28). The van der Waals surface area contributed by atoms with E-state index in [0.29, 0.717) is 6.61 Å². The molecular formula is C22H46NO9P. The number of hydrogen-bond acceptors (Lipinski definition) is 8. The molecular weight excluding hydrogens is 453 g/mol. The van der Waals surface area contributed by atoms with Crippen molar-refractivity contribution in [1.29, 1.82) is 0 Å². The molecule has 0 spiro atoms. The minimum Gasteiger partial charge on any atom is -0.480 e. The van der Waals surface area contributed by atoms with Gasteiger partial charge in [0.15, 0.2) is 0 Å². The Labute approximate surface area is 198 Å². The Morgan fingerprint density at radius 2 is 1.39 bits per heavy atom. The predicted octanol–water partition coefficient (Wildman–Crippen LogP) is 3.48. The molecule has 0 saturated carbocycles. The number of aliphatic hydroxyl groups is 1. The number of rotatable bonds is 23. The van der Waals surface area contributed by atoms with Crippen molar-refractivity contribution in [3.8, 4) is 0 Å². The molecule has 198 valence electrons. The molecule has 0 aromatic heterocycles. The zero-order valence-corrected chi connectivity index (χ0v) is 21.4. The number of methoxy groups -OCH3 is 1. The minimum atomic E-state index is -4.52. The lowest BCUT2D eigenvalue weighted by molar-refractivity contribution is -0.139. The number of carboxylic acid groups (broad SMARTS) is 1. The molecule has 4 unspecified atom stereocenters.